The van der Waals surface area contributed by atoms with Crippen LogP contribution in [0.4, 0.5) is 0 Å². The van der Waals surface area contributed by atoms with Crippen LogP contribution in [0.3, 0.4) is 0 Å². The molecule has 0 unspecified atom stereocenters. The predicted molar refractivity (Wildman–Crippen MR) is 73.7 cm³/mol. The molecule has 0 aromatic carbocycles. The normalized spacial score (nSPS) is 24.5. The van der Waals surface area contributed by atoms with E-state index in [2.05, 4.69) is 5.10 Å². The first-order valence-electron chi connectivity index (χ1n) is 6.18. The van der Waals surface area contributed by atoms with Crippen LogP contribution in [0.5, 0.6) is 0 Å². The van der Waals surface area contributed by atoms with Crippen LogP contribution in [0.15, 0.2) is 17.3 Å². The number of nitrogens with zero attached hydrogens (tertiary/aromatic N) is 3. The Balaban J connectivity index is 2.28. The van der Waals surface area contributed by atoms with Gasteiger partial charge in [0, 0.05) is 42.4 Å². The lowest BCUT2D eigenvalue weighted by Crippen LogP contribution is -2.51. The van der Waals surface area contributed by atoms with E-state index < -0.39 is 25.6 Å². The SMILES string of the molecule is CCn1cc(S(=O)(=O)N2CC[S@](=O)C(C)(C)C2)cn1. The fourth-order valence-corrected chi connectivity index (χ4v) is 5.04. The lowest BCUT2D eigenvalue weighted by molar-refractivity contribution is 0.378. The molecule has 1 saturated heterocycles. The van der Waals surface area contributed by atoms with Gasteiger partial charge < -0.3 is 0 Å². The van der Waals surface area contributed by atoms with Gasteiger partial charge in [0.15, 0.2) is 0 Å². The molecule has 1 atom stereocenters. The summed E-state index contributed by atoms with van der Waals surface area (Å²) in [6.07, 6.45) is 2.91. The van der Waals surface area contributed by atoms with E-state index in [1.165, 1.54) is 16.7 Å². The Morgan fingerprint density at radius 2 is 2.16 bits per heavy atom. The molecule has 0 aliphatic carbocycles. The molecule has 1 aromatic rings. The largest absolute Gasteiger partial charge is 0.272 e. The molecule has 6 nitrogen and oxygen atoms in total. The van der Waals surface area contributed by atoms with Crippen molar-refractivity contribution in [1.82, 2.24) is 14.1 Å². The van der Waals surface area contributed by atoms with Crippen LogP contribution < -0.4 is 0 Å². The lowest BCUT2D eigenvalue weighted by atomic mass is 10.2. The summed E-state index contributed by atoms with van der Waals surface area (Å²) in [6, 6.07) is 0. The van der Waals surface area contributed by atoms with Crippen molar-refractivity contribution in [2.45, 2.75) is 37.0 Å². The molecule has 108 valence electrons. The molecule has 0 spiro atoms. The van der Waals surface area contributed by atoms with E-state index >= 15 is 0 Å². The van der Waals surface area contributed by atoms with Crippen molar-refractivity contribution in [3.05, 3.63) is 12.4 Å². The molecule has 2 rings (SSSR count). The van der Waals surface area contributed by atoms with Crippen LogP contribution in [0.2, 0.25) is 0 Å². The monoisotopic (exact) mass is 305 g/mol. The Labute approximate surface area is 116 Å². The molecule has 0 radical (unpaired) electrons. The molecular weight excluding hydrogens is 286 g/mol. The van der Waals surface area contributed by atoms with Crippen LogP contribution in [0, 0.1) is 0 Å². The van der Waals surface area contributed by atoms with Crippen molar-refractivity contribution in [1.29, 1.82) is 0 Å². The van der Waals surface area contributed by atoms with Crippen LogP contribution >= 0.6 is 0 Å². The van der Waals surface area contributed by atoms with Gasteiger partial charge in [0.05, 0.1) is 10.9 Å². The van der Waals surface area contributed by atoms with Gasteiger partial charge in [0.1, 0.15) is 4.90 Å². The molecule has 2 heterocycles. The van der Waals surface area contributed by atoms with Gasteiger partial charge in [-0.1, -0.05) is 0 Å². The summed E-state index contributed by atoms with van der Waals surface area (Å²) >= 11 is 0. The summed E-state index contributed by atoms with van der Waals surface area (Å²) in [4.78, 5) is 0.206. The summed E-state index contributed by atoms with van der Waals surface area (Å²) in [5.74, 6) is 0.383. The molecule has 1 aromatic heterocycles. The Morgan fingerprint density at radius 3 is 2.68 bits per heavy atom. The van der Waals surface area contributed by atoms with Gasteiger partial charge in [-0.25, -0.2) is 8.42 Å². The van der Waals surface area contributed by atoms with E-state index in [1.807, 2.05) is 20.8 Å². The highest BCUT2D eigenvalue weighted by Crippen LogP contribution is 2.25. The second kappa shape index (κ2) is 4.99. The van der Waals surface area contributed by atoms with E-state index in [0.29, 0.717) is 18.8 Å². The maximum absolute atomic E-state index is 12.5. The zero-order valence-electron chi connectivity index (χ0n) is 11.4. The summed E-state index contributed by atoms with van der Waals surface area (Å²) < 4.78 is 39.3. The first-order valence-corrected chi connectivity index (χ1v) is 8.94. The number of aromatic nitrogens is 2. The van der Waals surface area contributed by atoms with Crippen molar-refractivity contribution in [2.75, 3.05) is 18.8 Å². The number of aryl methyl sites for hydroxylation is 1. The van der Waals surface area contributed by atoms with Crippen LogP contribution in [0.1, 0.15) is 20.8 Å². The van der Waals surface area contributed by atoms with E-state index in [0.717, 1.165) is 0 Å². The molecule has 19 heavy (non-hydrogen) atoms. The standard InChI is InChI=1S/C11H19N3O3S2/c1-4-13-8-10(7-12-13)19(16,17)14-5-6-18(15)11(2,3)9-14/h7-8H,4-6,9H2,1-3H3/t18-/m0/s1. The molecule has 1 aliphatic rings. The van der Waals surface area contributed by atoms with E-state index in [4.69, 9.17) is 0 Å². The predicted octanol–water partition coefficient (Wildman–Crippen LogP) is 0.435. The number of rotatable bonds is 3. The number of hydrogen-bond donors (Lipinski definition) is 0. The molecule has 0 saturated carbocycles. The van der Waals surface area contributed by atoms with Gasteiger partial charge in [-0.2, -0.15) is 9.40 Å². The molecule has 1 aliphatic heterocycles. The Kier molecular flexibility index (Phi) is 3.85. The minimum Gasteiger partial charge on any atom is -0.272 e. The van der Waals surface area contributed by atoms with Crippen LogP contribution in [0.25, 0.3) is 0 Å². The van der Waals surface area contributed by atoms with Gasteiger partial charge in [0.2, 0.25) is 10.0 Å². The third-order valence-corrected chi connectivity index (χ3v) is 6.98. The number of hydrogen-bond acceptors (Lipinski definition) is 4. The Morgan fingerprint density at radius 1 is 1.47 bits per heavy atom. The third-order valence-electron chi connectivity index (χ3n) is 3.27. The van der Waals surface area contributed by atoms with Crippen LogP contribution in [-0.2, 0) is 27.4 Å². The van der Waals surface area contributed by atoms with Gasteiger partial charge >= 0.3 is 0 Å². The molecular formula is C11H19N3O3S2. The summed E-state index contributed by atoms with van der Waals surface area (Å²) in [5.41, 5.74) is 0. The maximum atomic E-state index is 12.5. The summed E-state index contributed by atoms with van der Waals surface area (Å²) in [6.45, 7) is 6.77. The fourth-order valence-electron chi connectivity index (χ4n) is 2.04. The number of sulfonamides is 1. The topological polar surface area (TPSA) is 72.3 Å². The maximum Gasteiger partial charge on any atom is 0.246 e. The van der Waals surface area contributed by atoms with Crippen LogP contribution in [-0.4, -0.2) is 50.3 Å². The minimum atomic E-state index is -3.53. The smallest absolute Gasteiger partial charge is 0.246 e. The Bertz CT molecular complexity index is 592. The van der Waals surface area contributed by atoms with E-state index in [-0.39, 0.29) is 11.4 Å². The highest BCUT2D eigenvalue weighted by atomic mass is 32.2. The highest BCUT2D eigenvalue weighted by Gasteiger charge is 2.39. The lowest BCUT2D eigenvalue weighted by Gasteiger charge is -2.36. The fraction of sp³-hybridized carbons (Fsp3) is 0.727. The third kappa shape index (κ3) is 2.75. The molecule has 0 N–H and O–H groups in total. The highest BCUT2D eigenvalue weighted by molar-refractivity contribution is 7.89. The van der Waals surface area contributed by atoms with Crippen molar-refractivity contribution in [3.8, 4) is 0 Å². The quantitative estimate of drug-likeness (QED) is 0.812. The summed E-state index contributed by atoms with van der Waals surface area (Å²) in [5, 5.41) is 4.00. The van der Waals surface area contributed by atoms with Gasteiger partial charge in [-0.05, 0) is 20.8 Å². The van der Waals surface area contributed by atoms with Gasteiger partial charge in [-0.15, -0.1) is 0 Å². The summed E-state index contributed by atoms with van der Waals surface area (Å²) in [7, 11) is -4.52. The van der Waals surface area contributed by atoms with Crippen molar-refractivity contribution < 1.29 is 12.6 Å². The molecule has 0 amide bonds. The molecule has 0 bridgehead atoms. The van der Waals surface area contributed by atoms with Gasteiger partial charge in [-0.3, -0.25) is 8.89 Å². The van der Waals surface area contributed by atoms with Crippen molar-refractivity contribution in [3.63, 3.8) is 0 Å². The van der Waals surface area contributed by atoms with Crippen molar-refractivity contribution in [2.24, 2.45) is 0 Å². The zero-order valence-corrected chi connectivity index (χ0v) is 13.0. The van der Waals surface area contributed by atoms with E-state index in [1.54, 1.807) is 4.68 Å². The zero-order chi connectivity index (χ0) is 14.3. The van der Waals surface area contributed by atoms with Crippen molar-refractivity contribution >= 4 is 20.8 Å². The first-order chi connectivity index (χ1) is 8.77. The van der Waals surface area contributed by atoms with Gasteiger partial charge in [0.25, 0.3) is 0 Å². The second-order valence-electron chi connectivity index (χ2n) is 5.18. The molecule has 1 fully saturated rings. The first kappa shape index (κ1) is 14.7. The second-order valence-corrected chi connectivity index (χ2v) is 9.32. The minimum absolute atomic E-state index is 0.206. The molecule has 8 heteroatoms. The average molecular weight is 305 g/mol. The van der Waals surface area contributed by atoms with E-state index in [9.17, 15) is 12.6 Å². The Hall–Kier alpha value is -0.730. The average Bonchev–Trinajstić information content (AvgIpc) is 2.81.